The molecule has 0 atom stereocenters. The van der Waals surface area contributed by atoms with Crippen LogP contribution in [0, 0.1) is 13.8 Å². The third kappa shape index (κ3) is 4.75. The number of amides is 1. The summed E-state index contributed by atoms with van der Waals surface area (Å²) < 4.78 is 0. The summed E-state index contributed by atoms with van der Waals surface area (Å²) in [5, 5.41) is 0. The van der Waals surface area contributed by atoms with Crippen molar-refractivity contribution in [3.63, 3.8) is 0 Å². The quantitative estimate of drug-likeness (QED) is 0.549. The van der Waals surface area contributed by atoms with Crippen molar-refractivity contribution in [2.75, 3.05) is 14.1 Å². The zero-order valence-corrected chi connectivity index (χ0v) is 20.4. The topological polar surface area (TPSA) is 76.1 Å². The summed E-state index contributed by atoms with van der Waals surface area (Å²) >= 11 is 0. The summed E-state index contributed by atoms with van der Waals surface area (Å²) in [6, 6.07) is 9.64. The van der Waals surface area contributed by atoms with E-state index in [-0.39, 0.29) is 11.7 Å². The van der Waals surface area contributed by atoms with Crippen molar-refractivity contribution in [2.24, 2.45) is 0 Å². The van der Waals surface area contributed by atoms with Gasteiger partial charge >= 0.3 is 0 Å². The lowest BCUT2D eigenvalue weighted by molar-refractivity contribution is -0.121. The van der Waals surface area contributed by atoms with Gasteiger partial charge in [0.25, 0.3) is 5.91 Å². The van der Waals surface area contributed by atoms with Gasteiger partial charge in [-0.15, -0.1) is 0 Å². The number of pyridine rings is 1. The Morgan fingerprint density at radius 3 is 2.18 bits per heavy atom. The van der Waals surface area contributed by atoms with Crippen molar-refractivity contribution in [1.82, 2.24) is 19.9 Å². The highest BCUT2D eigenvalue weighted by molar-refractivity contribution is 5.95. The van der Waals surface area contributed by atoms with E-state index in [0.717, 1.165) is 27.8 Å². The minimum absolute atomic E-state index is 0.0447. The van der Waals surface area contributed by atoms with Gasteiger partial charge in [-0.25, -0.2) is 15.0 Å². The summed E-state index contributed by atoms with van der Waals surface area (Å²) in [5.74, 6) is 0.569. The highest BCUT2D eigenvalue weighted by atomic mass is 16.2. The van der Waals surface area contributed by atoms with E-state index in [9.17, 15) is 9.59 Å². The van der Waals surface area contributed by atoms with E-state index in [0.29, 0.717) is 22.8 Å². The van der Waals surface area contributed by atoms with Gasteiger partial charge in [0.1, 0.15) is 17.3 Å². The molecule has 0 saturated heterocycles. The number of hydrogen-bond donors (Lipinski definition) is 0. The molecule has 0 aliphatic carbocycles. The molecule has 1 amide bonds. The predicted molar refractivity (Wildman–Crippen MR) is 131 cm³/mol. The number of benzene rings is 1. The Balaban J connectivity index is 2.20. The molecule has 3 aromatic rings. The van der Waals surface area contributed by atoms with Gasteiger partial charge in [-0.2, -0.15) is 0 Å². The fraction of sp³-hybridized carbons (Fsp3) is 0.296. The maximum absolute atomic E-state index is 12.6. The van der Waals surface area contributed by atoms with E-state index in [1.165, 1.54) is 4.90 Å². The molecule has 33 heavy (non-hydrogen) atoms. The molecule has 0 saturated carbocycles. The monoisotopic (exact) mass is 442 g/mol. The highest BCUT2D eigenvalue weighted by Crippen LogP contribution is 2.36. The third-order valence-electron chi connectivity index (χ3n) is 6.03. The normalized spacial score (nSPS) is 11.2. The lowest BCUT2D eigenvalue weighted by Gasteiger charge is -2.26. The van der Waals surface area contributed by atoms with Gasteiger partial charge in [-0.1, -0.05) is 24.8 Å². The van der Waals surface area contributed by atoms with Gasteiger partial charge in [-0.3, -0.25) is 9.59 Å². The number of rotatable bonds is 6. The zero-order chi connectivity index (χ0) is 24.5. The Hall–Kier alpha value is -3.67. The molecule has 2 aromatic heterocycles. The molecule has 0 spiro atoms. The molecule has 0 bridgehead atoms. The molecular weight excluding hydrogens is 412 g/mol. The first-order chi connectivity index (χ1) is 15.4. The molecule has 1 aromatic carbocycles. The molecule has 2 heterocycles. The van der Waals surface area contributed by atoms with E-state index >= 15 is 0 Å². The van der Waals surface area contributed by atoms with E-state index in [4.69, 9.17) is 0 Å². The van der Waals surface area contributed by atoms with Crippen molar-refractivity contribution in [3.05, 3.63) is 83.2 Å². The smallest absolute Gasteiger partial charge is 0.272 e. The molecule has 0 aliphatic heterocycles. The van der Waals surface area contributed by atoms with Crippen LogP contribution in [0.15, 0.2) is 49.3 Å². The second-order valence-corrected chi connectivity index (χ2v) is 9.00. The summed E-state index contributed by atoms with van der Waals surface area (Å²) in [6.45, 7) is 13.4. The molecule has 0 unspecified atom stereocenters. The van der Waals surface area contributed by atoms with Crippen LogP contribution in [0.5, 0.6) is 0 Å². The molecule has 0 fully saturated rings. The van der Waals surface area contributed by atoms with Crippen LogP contribution in [-0.4, -0.2) is 45.6 Å². The SMILES string of the molecule is C=C(c1ccc(C)c(C(=O)N(C)C)n1)c1cc(-c2cnc(C)nc2)ccc1C(C)(C)C(C)=O. The lowest BCUT2D eigenvalue weighted by Crippen LogP contribution is -2.28. The van der Waals surface area contributed by atoms with E-state index in [2.05, 4.69) is 21.5 Å². The van der Waals surface area contributed by atoms with E-state index in [1.807, 2.05) is 58.0 Å². The second kappa shape index (κ2) is 9.06. The number of aryl methyl sites for hydroxylation is 2. The zero-order valence-electron chi connectivity index (χ0n) is 20.4. The minimum Gasteiger partial charge on any atom is -0.343 e. The van der Waals surface area contributed by atoms with Gasteiger partial charge < -0.3 is 4.90 Å². The summed E-state index contributed by atoms with van der Waals surface area (Å²) in [6.07, 6.45) is 3.55. The summed E-state index contributed by atoms with van der Waals surface area (Å²) in [5.41, 5.74) is 5.09. The number of carbonyl (C=O) groups excluding carboxylic acids is 2. The van der Waals surface area contributed by atoms with Crippen LogP contribution in [0.1, 0.15) is 59.5 Å². The van der Waals surface area contributed by atoms with Crippen LogP contribution in [0.25, 0.3) is 16.7 Å². The molecule has 6 heteroatoms. The Morgan fingerprint density at radius 2 is 1.61 bits per heavy atom. The standard InChI is InChI=1S/C27H30N4O2/c1-16-9-12-24(30-25(16)26(33)31(7)8)17(2)22-13-20(21-14-28-19(4)29-15-21)10-11-23(22)27(5,6)18(3)32/h9-15H,2H2,1,3-8H3. The third-order valence-corrected chi connectivity index (χ3v) is 6.03. The Bertz CT molecular complexity index is 1240. The van der Waals surface area contributed by atoms with Crippen LogP contribution < -0.4 is 0 Å². The molecule has 170 valence electrons. The number of ketones is 1. The first kappa shape index (κ1) is 24.0. The number of Topliss-reactive ketones (excluding diaryl/α,β-unsaturated/α-hetero) is 1. The predicted octanol–water partition coefficient (Wildman–Crippen LogP) is 4.79. The van der Waals surface area contributed by atoms with Crippen molar-refractivity contribution < 1.29 is 9.59 Å². The first-order valence-electron chi connectivity index (χ1n) is 10.8. The Labute approximate surface area is 195 Å². The Morgan fingerprint density at radius 1 is 0.970 bits per heavy atom. The fourth-order valence-corrected chi connectivity index (χ4v) is 3.51. The lowest BCUT2D eigenvalue weighted by atomic mass is 9.76. The molecule has 0 aliphatic rings. The van der Waals surface area contributed by atoms with E-state index in [1.54, 1.807) is 33.4 Å². The molecule has 0 radical (unpaired) electrons. The molecular formula is C27H30N4O2. The largest absolute Gasteiger partial charge is 0.343 e. The molecule has 3 rings (SSSR count). The van der Waals surface area contributed by atoms with Gasteiger partial charge in [0, 0.05) is 43.0 Å². The van der Waals surface area contributed by atoms with Crippen LogP contribution in [0.2, 0.25) is 0 Å². The average molecular weight is 443 g/mol. The van der Waals surface area contributed by atoms with Gasteiger partial charge in [0.05, 0.1) is 5.69 Å². The van der Waals surface area contributed by atoms with Crippen molar-refractivity contribution in [2.45, 2.75) is 40.0 Å². The van der Waals surface area contributed by atoms with Gasteiger partial charge in [0.2, 0.25) is 0 Å². The Kier molecular flexibility index (Phi) is 6.58. The summed E-state index contributed by atoms with van der Waals surface area (Å²) in [7, 11) is 3.40. The molecule has 0 N–H and O–H groups in total. The minimum atomic E-state index is -0.729. The maximum Gasteiger partial charge on any atom is 0.272 e. The van der Waals surface area contributed by atoms with Crippen LogP contribution in [-0.2, 0) is 10.2 Å². The fourth-order valence-electron chi connectivity index (χ4n) is 3.51. The average Bonchev–Trinajstić information content (AvgIpc) is 2.78. The number of aromatic nitrogens is 3. The van der Waals surface area contributed by atoms with E-state index < -0.39 is 5.41 Å². The van der Waals surface area contributed by atoms with Gasteiger partial charge in [0.15, 0.2) is 0 Å². The first-order valence-corrected chi connectivity index (χ1v) is 10.8. The van der Waals surface area contributed by atoms with Crippen molar-refractivity contribution in [3.8, 4) is 11.1 Å². The van der Waals surface area contributed by atoms with Crippen molar-refractivity contribution in [1.29, 1.82) is 0 Å². The van der Waals surface area contributed by atoms with Crippen LogP contribution >= 0.6 is 0 Å². The second-order valence-electron chi connectivity index (χ2n) is 9.00. The molecule has 6 nitrogen and oxygen atoms in total. The van der Waals surface area contributed by atoms with Crippen LogP contribution in [0.3, 0.4) is 0 Å². The maximum atomic E-state index is 12.6. The summed E-state index contributed by atoms with van der Waals surface area (Å²) in [4.78, 5) is 39.9. The van der Waals surface area contributed by atoms with Gasteiger partial charge in [-0.05, 0) is 69.0 Å². The van der Waals surface area contributed by atoms with Crippen molar-refractivity contribution >= 4 is 17.3 Å². The van der Waals surface area contributed by atoms with Crippen LogP contribution in [0.4, 0.5) is 0 Å². The number of nitrogens with zero attached hydrogens (tertiary/aromatic N) is 4. The highest BCUT2D eigenvalue weighted by Gasteiger charge is 2.30. The number of carbonyl (C=O) groups is 2. The number of hydrogen-bond acceptors (Lipinski definition) is 5.